The van der Waals surface area contributed by atoms with Crippen LogP contribution in [0.5, 0.6) is 0 Å². The van der Waals surface area contributed by atoms with Crippen LogP contribution in [0.15, 0.2) is 39.2 Å². The molecule has 0 bridgehead atoms. The van der Waals surface area contributed by atoms with Crippen molar-refractivity contribution in [3.05, 3.63) is 40.1 Å². The van der Waals surface area contributed by atoms with E-state index in [-0.39, 0.29) is 9.37 Å². The maximum Gasteiger partial charge on any atom is 0.243 e. The average molecular weight is 334 g/mol. The van der Waals surface area contributed by atoms with Crippen molar-refractivity contribution in [3.63, 3.8) is 0 Å². The molecule has 0 amide bonds. The van der Waals surface area contributed by atoms with Crippen molar-refractivity contribution >= 4 is 26.0 Å². The van der Waals surface area contributed by atoms with Crippen LogP contribution in [0.3, 0.4) is 0 Å². The smallest absolute Gasteiger partial charge is 0.207 e. The SMILES string of the molecule is CC1=CCN(S(=O)(=O)c2ccc(Br)c(F)c2)CC1. The number of hydrogen-bond acceptors (Lipinski definition) is 2. The molecule has 0 saturated heterocycles. The van der Waals surface area contributed by atoms with Crippen molar-refractivity contribution in [2.45, 2.75) is 18.2 Å². The van der Waals surface area contributed by atoms with E-state index in [1.54, 1.807) is 0 Å². The van der Waals surface area contributed by atoms with Crippen LogP contribution in [0, 0.1) is 5.82 Å². The molecule has 0 saturated carbocycles. The van der Waals surface area contributed by atoms with Crippen molar-refractivity contribution in [3.8, 4) is 0 Å². The zero-order valence-electron chi connectivity index (χ0n) is 9.86. The molecule has 0 spiro atoms. The van der Waals surface area contributed by atoms with Gasteiger partial charge in [0.2, 0.25) is 10.0 Å². The predicted octanol–water partition coefficient (Wildman–Crippen LogP) is 2.93. The molecule has 0 unspecified atom stereocenters. The van der Waals surface area contributed by atoms with E-state index in [0.29, 0.717) is 13.1 Å². The summed E-state index contributed by atoms with van der Waals surface area (Å²) in [5.74, 6) is -0.570. The molecule has 2 rings (SSSR count). The number of nitrogens with zero attached hydrogens (tertiary/aromatic N) is 1. The molecule has 0 aromatic heterocycles. The van der Waals surface area contributed by atoms with Crippen molar-refractivity contribution < 1.29 is 12.8 Å². The summed E-state index contributed by atoms with van der Waals surface area (Å²) in [6.45, 7) is 2.78. The first-order chi connectivity index (χ1) is 8.41. The van der Waals surface area contributed by atoms with E-state index in [4.69, 9.17) is 0 Å². The molecule has 18 heavy (non-hydrogen) atoms. The minimum Gasteiger partial charge on any atom is -0.207 e. The van der Waals surface area contributed by atoms with E-state index in [1.165, 1.54) is 22.0 Å². The van der Waals surface area contributed by atoms with Gasteiger partial charge in [-0.05, 0) is 47.5 Å². The van der Waals surface area contributed by atoms with Gasteiger partial charge in [-0.2, -0.15) is 4.31 Å². The standard InChI is InChI=1S/C12H13BrFNO2S/c1-9-4-6-15(7-5-9)18(16,17)10-2-3-11(13)12(14)8-10/h2-4,8H,5-7H2,1H3. The van der Waals surface area contributed by atoms with E-state index in [0.717, 1.165) is 12.5 Å². The predicted molar refractivity (Wildman–Crippen MR) is 71.2 cm³/mol. The number of benzene rings is 1. The van der Waals surface area contributed by atoms with Gasteiger partial charge in [-0.1, -0.05) is 11.6 Å². The summed E-state index contributed by atoms with van der Waals surface area (Å²) >= 11 is 3.01. The molecule has 0 radical (unpaired) electrons. The first kappa shape index (κ1) is 13.7. The van der Waals surface area contributed by atoms with Crippen molar-refractivity contribution in [1.82, 2.24) is 4.31 Å². The van der Waals surface area contributed by atoms with Gasteiger partial charge in [0, 0.05) is 13.1 Å². The van der Waals surface area contributed by atoms with Gasteiger partial charge in [-0.3, -0.25) is 0 Å². The lowest BCUT2D eigenvalue weighted by Crippen LogP contribution is -2.34. The third kappa shape index (κ3) is 2.65. The molecule has 1 aliphatic heterocycles. The van der Waals surface area contributed by atoms with Crippen LogP contribution in [-0.2, 0) is 10.0 Å². The van der Waals surface area contributed by atoms with Gasteiger partial charge in [-0.15, -0.1) is 0 Å². The highest BCUT2D eigenvalue weighted by Crippen LogP contribution is 2.24. The Hall–Kier alpha value is -0.720. The van der Waals surface area contributed by atoms with Gasteiger partial charge >= 0.3 is 0 Å². The maximum atomic E-state index is 13.4. The van der Waals surface area contributed by atoms with Gasteiger partial charge in [0.05, 0.1) is 9.37 Å². The van der Waals surface area contributed by atoms with Gasteiger partial charge in [0.15, 0.2) is 0 Å². The number of hydrogen-bond donors (Lipinski definition) is 0. The molecule has 1 aromatic carbocycles. The van der Waals surface area contributed by atoms with E-state index in [1.807, 2.05) is 13.0 Å². The number of sulfonamides is 1. The quantitative estimate of drug-likeness (QED) is 0.780. The molecule has 0 N–H and O–H groups in total. The lowest BCUT2D eigenvalue weighted by atomic mass is 10.1. The summed E-state index contributed by atoms with van der Waals surface area (Å²) in [6.07, 6.45) is 2.61. The summed E-state index contributed by atoms with van der Waals surface area (Å²) in [5.41, 5.74) is 1.18. The second-order valence-corrected chi connectivity index (χ2v) is 7.03. The van der Waals surface area contributed by atoms with Crippen molar-refractivity contribution in [1.29, 1.82) is 0 Å². The molecule has 0 fully saturated rings. The Labute approximate surface area is 114 Å². The normalized spacial score (nSPS) is 17.6. The second kappa shape index (κ2) is 5.11. The van der Waals surface area contributed by atoms with E-state index >= 15 is 0 Å². The van der Waals surface area contributed by atoms with Crippen LogP contribution in [0.4, 0.5) is 4.39 Å². The first-order valence-corrected chi connectivity index (χ1v) is 7.75. The molecule has 1 heterocycles. The molecule has 0 aliphatic carbocycles. The lowest BCUT2D eigenvalue weighted by Gasteiger charge is -2.24. The number of halogens is 2. The van der Waals surface area contributed by atoms with Crippen LogP contribution in [-0.4, -0.2) is 25.8 Å². The average Bonchev–Trinajstić information content (AvgIpc) is 2.33. The highest BCUT2D eigenvalue weighted by molar-refractivity contribution is 9.10. The topological polar surface area (TPSA) is 37.4 Å². The van der Waals surface area contributed by atoms with E-state index in [2.05, 4.69) is 15.9 Å². The Bertz CT molecular complexity index is 598. The van der Waals surface area contributed by atoms with Crippen LogP contribution >= 0.6 is 15.9 Å². The van der Waals surface area contributed by atoms with Crippen LogP contribution in [0.2, 0.25) is 0 Å². The summed E-state index contributed by atoms with van der Waals surface area (Å²) in [7, 11) is -3.60. The van der Waals surface area contributed by atoms with Crippen molar-refractivity contribution in [2.75, 3.05) is 13.1 Å². The Balaban J connectivity index is 2.34. The van der Waals surface area contributed by atoms with E-state index in [9.17, 15) is 12.8 Å². The van der Waals surface area contributed by atoms with Gasteiger partial charge in [-0.25, -0.2) is 12.8 Å². The lowest BCUT2D eigenvalue weighted by molar-refractivity contribution is 0.431. The fraction of sp³-hybridized carbons (Fsp3) is 0.333. The summed E-state index contributed by atoms with van der Waals surface area (Å²) in [4.78, 5) is -0.00356. The molecule has 3 nitrogen and oxygen atoms in total. The Morgan fingerprint density at radius 3 is 2.67 bits per heavy atom. The monoisotopic (exact) mass is 333 g/mol. The summed E-state index contributed by atoms with van der Waals surface area (Å²) in [5, 5.41) is 0. The van der Waals surface area contributed by atoms with Crippen molar-refractivity contribution in [2.24, 2.45) is 0 Å². The Morgan fingerprint density at radius 1 is 1.39 bits per heavy atom. The highest BCUT2D eigenvalue weighted by atomic mass is 79.9. The van der Waals surface area contributed by atoms with Gasteiger partial charge in [0.1, 0.15) is 5.82 Å². The largest absolute Gasteiger partial charge is 0.243 e. The minimum atomic E-state index is -3.60. The first-order valence-electron chi connectivity index (χ1n) is 5.52. The summed E-state index contributed by atoms with van der Waals surface area (Å²) in [6, 6.07) is 3.87. The molecular weight excluding hydrogens is 321 g/mol. The van der Waals surface area contributed by atoms with Gasteiger partial charge < -0.3 is 0 Å². The fourth-order valence-corrected chi connectivity index (χ4v) is 3.40. The Morgan fingerprint density at radius 2 is 2.11 bits per heavy atom. The third-order valence-electron chi connectivity index (χ3n) is 2.93. The zero-order chi connectivity index (χ0) is 13.3. The molecule has 1 aliphatic rings. The van der Waals surface area contributed by atoms with Crippen LogP contribution in [0.25, 0.3) is 0 Å². The molecule has 0 atom stereocenters. The van der Waals surface area contributed by atoms with E-state index < -0.39 is 15.8 Å². The molecule has 1 aromatic rings. The maximum absolute atomic E-state index is 13.4. The highest BCUT2D eigenvalue weighted by Gasteiger charge is 2.25. The fourth-order valence-electron chi connectivity index (χ4n) is 1.76. The summed E-state index contributed by atoms with van der Waals surface area (Å²) < 4.78 is 39.6. The molecule has 98 valence electrons. The number of rotatable bonds is 2. The Kier molecular flexibility index (Phi) is 3.89. The van der Waals surface area contributed by atoms with Crippen LogP contribution in [0.1, 0.15) is 13.3 Å². The zero-order valence-corrected chi connectivity index (χ0v) is 12.3. The molecule has 6 heteroatoms. The van der Waals surface area contributed by atoms with Crippen LogP contribution < -0.4 is 0 Å². The molecular formula is C12H13BrFNO2S. The third-order valence-corrected chi connectivity index (χ3v) is 5.43. The second-order valence-electron chi connectivity index (χ2n) is 4.24. The van der Waals surface area contributed by atoms with Gasteiger partial charge in [0.25, 0.3) is 0 Å². The minimum absolute atomic E-state index is 0.00356.